The van der Waals surface area contributed by atoms with Crippen molar-refractivity contribution in [1.82, 2.24) is 0 Å². The van der Waals surface area contributed by atoms with E-state index in [2.05, 4.69) is 6.58 Å². The maximum Gasteiger partial charge on any atom is 0.508 e. The molecule has 0 saturated carbocycles. The molecule has 0 fully saturated rings. The van der Waals surface area contributed by atoms with Crippen LogP contribution in [0.25, 0.3) is 0 Å². The normalized spacial score (nSPS) is 12.9. The summed E-state index contributed by atoms with van der Waals surface area (Å²) in [6, 6.07) is 19.6. The number of carbonyl (C=O) groups is 1. The number of rotatable bonds is 15. The lowest BCUT2D eigenvalue weighted by atomic mass is 10.1. The second-order valence-corrected chi connectivity index (χ2v) is 7.58. The molecule has 0 aliphatic rings. The van der Waals surface area contributed by atoms with Gasteiger partial charge >= 0.3 is 6.16 Å². The van der Waals surface area contributed by atoms with Crippen molar-refractivity contribution in [2.45, 2.75) is 45.2 Å². The lowest BCUT2D eigenvalue weighted by Gasteiger charge is -2.15. The van der Waals surface area contributed by atoms with E-state index in [4.69, 9.17) is 18.9 Å². The van der Waals surface area contributed by atoms with E-state index in [0.29, 0.717) is 26.1 Å². The van der Waals surface area contributed by atoms with Crippen LogP contribution in [0.1, 0.15) is 30.9 Å². The van der Waals surface area contributed by atoms with E-state index in [1.54, 1.807) is 13.0 Å². The Morgan fingerprint density at radius 2 is 1.55 bits per heavy atom. The van der Waals surface area contributed by atoms with Gasteiger partial charge in [0.1, 0.15) is 6.10 Å². The third-order valence-electron chi connectivity index (χ3n) is 4.61. The first-order chi connectivity index (χ1) is 16.1. The summed E-state index contributed by atoms with van der Waals surface area (Å²) in [5.74, 6) is 0. The molecule has 2 atom stereocenters. The Kier molecular flexibility index (Phi) is 12.6. The van der Waals surface area contributed by atoms with Gasteiger partial charge in [-0.05, 0) is 37.0 Å². The summed E-state index contributed by atoms with van der Waals surface area (Å²) in [6.45, 7) is 7.29. The van der Waals surface area contributed by atoms with Gasteiger partial charge in [0.05, 0.1) is 39.1 Å². The van der Waals surface area contributed by atoms with E-state index in [9.17, 15) is 9.90 Å². The van der Waals surface area contributed by atoms with Crippen LogP contribution in [0.4, 0.5) is 4.79 Å². The number of hydrogen-bond donors (Lipinski definition) is 1. The molecule has 6 heteroatoms. The van der Waals surface area contributed by atoms with Crippen molar-refractivity contribution < 1.29 is 28.8 Å². The lowest BCUT2D eigenvalue weighted by molar-refractivity contribution is -0.00102. The molecule has 0 saturated heterocycles. The van der Waals surface area contributed by atoms with Gasteiger partial charge < -0.3 is 24.1 Å². The van der Waals surface area contributed by atoms with Gasteiger partial charge in [-0.3, -0.25) is 0 Å². The quantitative estimate of drug-likeness (QED) is 0.294. The Morgan fingerprint density at radius 3 is 2.12 bits per heavy atom. The predicted molar refractivity (Wildman–Crippen MR) is 128 cm³/mol. The summed E-state index contributed by atoms with van der Waals surface area (Å²) in [6.07, 6.45) is 2.63. The number of benzene rings is 2. The second kappa shape index (κ2) is 15.8. The van der Waals surface area contributed by atoms with Gasteiger partial charge in [0, 0.05) is 0 Å². The molecule has 0 heterocycles. The fraction of sp³-hybridized carbons (Fsp3) is 0.370. The Morgan fingerprint density at radius 1 is 0.970 bits per heavy atom. The molecule has 6 nitrogen and oxygen atoms in total. The number of allylic oxidation sites excluding steroid dienone is 1. The van der Waals surface area contributed by atoms with Crippen molar-refractivity contribution >= 4 is 6.16 Å². The molecular weight excluding hydrogens is 420 g/mol. The average molecular weight is 455 g/mol. The van der Waals surface area contributed by atoms with Crippen molar-refractivity contribution in [2.24, 2.45) is 0 Å². The molecule has 2 aromatic carbocycles. The minimum Gasteiger partial charge on any atom is -0.435 e. The van der Waals surface area contributed by atoms with Gasteiger partial charge in [-0.1, -0.05) is 78.9 Å². The van der Waals surface area contributed by atoms with Crippen LogP contribution < -0.4 is 0 Å². The van der Waals surface area contributed by atoms with Crippen molar-refractivity contribution in [3.05, 3.63) is 96.1 Å². The fourth-order valence-corrected chi connectivity index (χ4v) is 3.02. The first-order valence-corrected chi connectivity index (χ1v) is 11.1. The van der Waals surface area contributed by atoms with Crippen LogP contribution >= 0.6 is 0 Å². The molecule has 178 valence electrons. The fourth-order valence-electron chi connectivity index (χ4n) is 3.02. The monoisotopic (exact) mass is 454 g/mol. The molecular formula is C27H34O6. The van der Waals surface area contributed by atoms with Crippen molar-refractivity contribution in [3.63, 3.8) is 0 Å². The van der Waals surface area contributed by atoms with Gasteiger partial charge in [0.15, 0.2) is 0 Å². The number of aliphatic hydroxyl groups excluding tert-OH is 1. The van der Waals surface area contributed by atoms with Gasteiger partial charge in [-0.25, -0.2) is 4.79 Å². The smallest absolute Gasteiger partial charge is 0.435 e. The van der Waals surface area contributed by atoms with Crippen molar-refractivity contribution in [3.8, 4) is 0 Å². The van der Waals surface area contributed by atoms with Crippen LogP contribution in [-0.4, -0.2) is 43.3 Å². The number of aliphatic hydroxyl groups is 1. The summed E-state index contributed by atoms with van der Waals surface area (Å²) in [5.41, 5.74) is 2.95. The van der Waals surface area contributed by atoms with Crippen LogP contribution in [0.5, 0.6) is 0 Å². The molecule has 0 spiro atoms. The molecule has 2 rings (SSSR count). The molecule has 1 N–H and O–H groups in total. The van der Waals surface area contributed by atoms with Crippen LogP contribution in [0, 0.1) is 0 Å². The molecule has 0 aromatic heterocycles. The summed E-state index contributed by atoms with van der Waals surface area (Å²) < 4.78 is 21.5. The number of ether oxygens (including phenoxy) is 4. The summed E-state index contributed by atoms with van der Waals surface area (Å²) >= 11 is 0. The Labute approximate surface area is 196 Å². The topological polar surface area (TPSA) is 74.2 Å². The summed E-state index contributed by atoms with van der Waals surface area (Å²) in [5, 5.41) is 10.2. The predicted octanol–water partition coefficient (Wildman–Crippen LogP) is 5.22. The Balaban J connectivity index is 1.73. The number of hydrogen-bond acceptors (Lipinski definition) is 6. The van der Waals surface area contributed by atoms with Gasteiger partial charge in [0.2, 0.25) is 0 Å². The van der Waals surface area contributed by atoms with Crippen LogP contribution in [-0.2, 0) is 32.2 Å². The number of carbonyl (C=O) groups excluding carboxylic acids is 1. The molecule has 2 aromatic rings. The zero-order chi connectivity index (χ0) is 23.7. The van der Waals surface area contributed by atoms with Gasteiger partial charge in [-0.2, -0.15) is 0 Å². The van der Waals surface area contributed by atoms with Crippen molar-refractivity contribution in [2.75, 3.05) is 19.8 Å². The highest BCUT2D eigenvalue weighted by molar-refractivity contribution is 5.60. The van der Waals surface area contributed by atoms with Gasteiger partial charge in [-0.15, -0.1) is 0 Å². The highest BCUT2D eigenvalue weighted by Gasteiger charge is 2.13. The maximum atomic E-state index is 11.7. The molecule has 33 heavy (non-hydrogen) atoms. The molecule has 0 amide bonds. The molecule has 0 aliphatic carbocycles. The maximum absolute atomic E-state index is 11.7. The second-order valence-electron chi connectivity index (χ2n) is 7.58. The molecule has 0 aliphatic heterocycles. The third kappa shape index (κ3) is 12.0. The highest BCUT2D eigenvalue weighted by atomic mass is 16.7. The third-order valence-corrected chi connectivity index (χ3v) is 4.61. The van der Waals surface area contributed by atoms with E-state index in [1.165, 1.54) is 0 Å². The van der Waals surface area contributed by atoms with Crippen LogP contribution in [0.15, 0.2) is 85.0 Å². The van der Waals surface area contributed by atoms with E-state index >= 15 is 0 Å². The molecule has 0 unspecified atom stereocenters. The first kappa shape index (κ1) is 26.3. The lowest BCUT2D eigenvalue weighted by Crippen LogP contribution is -2.22. The zero-order valence-corrected chi connectivity index (χ0v) is 19.2. The van der Waals surface area contributed by atoms with E-state index in [1.807, 2.05) is 66.7 Å². The SMILES string of the molecule is C=C(C/C=C/[C@@H](COCc1ccccc1)OC(=O)OCC)C[C@H](O)COCc1ccccc1. The van der Waals surface area contributed by atoms with Crippen LogP contribution in [0.3, 0.4) is 0 Å². The minimum absolute atomic E-state index is 0.201. The largest absolute Gasteiger partial charge is 0.508 e. The zero-order valence-electron chi connectivity index (χ0n) is 19.2. The van der Waals surface area contributed by atoms with E-state index in [-0.39, 0.29) is 19.8 Å². The minimum atomic E-state index is -0.736. The van der Waals surface area contributed by atoms with Gasteiger partial charge in [0.25, 0.3) is 0 Å². The standard InChI is InChI=1S/C27H34O6/c1-3-32-27(29)33-26(21-31-19-24-14-8-5-9-15-24)16-10-11-22(2)17-25(28)20-30-18-23-12-6-4-7-13-23/h4-10,12-16,25-26,28H,2-3,11,17-21H2,1H3/b16-10+/t25-,26-/m0/s1. The summed E-state index contributed by atoms with van der Waals surface area (Å²) in [4.78, 5) is 11.7. The first-order valence-electron chi connectivity index (χ1n) is 11.1. The van der Waals surface area contributed by atoms with Crippen LogP contribution in [0.2, 0.25) is 0 Å². The summed E-state index contributed by atoms with van der Waals surface area (Å²) in [7, 11) is 0. The Hall–Kier alpha value is -2.93. The van der Waals surface area contributed by atoms with E-state index < -0.39 is 18.4 Å². The Bertz CT molecular complexity index is 834. The molecule has 0 radical (unpaired) electrons. The van der Waals surface area contributed by atoms with E-state index in [0.717, 1.165) is 16.7 Å². The average Bonchev–Trinajstić information content (AvgIpc) is 2.80. The molecule has 0 bridgehead atoms. The highest BCUT2D eigenvalue weighted by Crippen LogP contribution is 2.12. The van der Waals surface area contributed by atoms with Crippen molar-refractivity contribution in [1.29, 1.82) is 0 Å².